The van der Waals surface area contributed by atoms with Crippen LogP contribution in [0.2, 0.25) is 0 Å². The Bertz CT molecular complexity index is 1090. The van der Waals surface area contributed by atoms with Crippen LogP contribution in [-0.2, 0) is 25.5 Å². The molecule has 0 N–H and O–H groups in total. The molecule has 1 aliphatic carbocycles. The molecular formula is C24H22O7. The van der Waals surface area contributed by atoms with E-state index in [1.165, 1.54) is 21.3 Å². The van der Waals surface area contributed by atoms with E-state index in [1.54, 1.807) is 55.5 Å². The molecule has 31 heavy (non-hydrogen) atoms. The zero-order valence-corrected chi connectivity index (χ0v) is 17.7. The minimum absolute atomic E-state index is 0.102. The second-order valence-electron chi connectivity index (χ2n) is 6.75. The van der Waals surface area contributed by atoms with Gasteiger partial charge in [0.05, 0.1) is 26.9 Å². The van der Waals surface area contributed by atoms with Crippen molar-refractivity contribution >= 4 is 17.5 Å². The number of rotatable bonds is 7. The number of hydrogen-bond donors (Lipinski definition) is 0. The molecule has 0 fully saturated rings. The fraction of sp³-hybridized carbons (Fsp3) is 0.208. The number of Topliss-reactive ketones (excluding diaryl/α,β-unsaturated/α-hetero) is 2. The van der Waals surface area contributed by atoms with Crippen LogP contribution in [0.15, 0.2) is 71.2 Å². The first kappa shape index (κ1) is 21.8. The first-order valence-electron chi connectivity index (χ1n) is 9.46. The molecule has 3 rings (SSSR count). The van der Waals surface area contributed by atoms with Crippen LogP contribution in [0.25, 0.3) is 0 Å². The summed E-state index contributed by atoms with van der Waals surface area (Å²) in [5.74, 6) is -0.960. The fourth-order valence-electron chi connectivity index (χ4n) is 3.25. The average molecular weight is 422 g/mol. The SMILES string of the molecule is COC1=C(OC)C(=O)C(Cc2ccc(OC(=O)c3ccccc3)c(OC)c2)=C(C)C1=O. The van der Waals surface area contributed by atoms with Gasteiger partial charge in [-0.25, -0.2) is 4.79 Å². The van der Waals surface area contributed by atoms with Crippen LogP contribution >= 0.6 is 0 Å². The van der Waals surface area contributed by atoms with Crippen LogP contribution in [0.4, 0.5) is 0 Å². The first-order valence-corrected chi connectivity index (χ1v) is 9.46. The van der Waals surface area contributed by atoms with Gasteiger partial charge < -0.3 is 18.9 Å². The Morgan fingerprint density at radius 3 is 2.06 bits per heavy atom. The molecule has 2 aromatic rings. The van der Waals surface area contributed by atoms with Crippen LogP contribution in [0.5, 0.6) is 11.5 Å². The van der Waals surface area contributed by atoms with Crippen molar-refractivity contribution in [2.45, 2.75) is 13.3 Å². The lowest BCUT2D eigenvalue weighted by molar-refractivity contribution is -0.121. The molecule has 2 aromatic carbocycles. The second-order valence-corrected chi connectivity index (χ2v) is 6.75. The molecule has 7 heteroatoms. The molecule has 0 spiro atoms. The first-order chi connectivity index (χ1) is 14.9. The molecule has 0 saturated carbocycles. The van der Waals surface area contributed by atoms with Crippen molar-refractivity contribution in [1.29, 1.82) is 0 Å². The fourth-order valence-corrected chi connectivity index (χ4v) is 3.25. The van der Waals surface area contributed by atoms with Gasteiger partial charge in [0.1, 0.15) is 0 Å². The summed E-state index contributed by atoms with van der Waals surface area (Å²) in [6.07, 6.45) is 0.170. The zero-order valence-electron chi connectivity index (χ0n) is 17.7. The van der Waals surface area contributed by atoms with Gasteiger partial charge in [0, 0.05) is 17.6 Å². The van der Waals surface area contributed by atoms with Crippen molar-refractivity contribution < 1.29 is 33.3 Å². The number of methoxy groups -OCH3 is 3. The van der Waals surface area contributed by atoms with Crippen molar-refractivity contribution in [3.05, 3.63) is 82.3 Å². The van der Waals surface area contributed by atoms with Crippen LogP contribution in [-0.4, -0.2) is 38.9 Å². The van der Waals surface area contributed by atoms with Crippen LogP contribution < -0.4 is 9.47 Å². The Kier molecular flexibility index (Phi) is 6.55. The van der Waals surface area contributed by atoms with Crippen LogP contribution in [0, 0.1) is 0 Å². The number of benzene rings is 2. The third kappa shape index (κ3) is 4.35. The van der Waals surface area contributed by atoms with Crippen molar-refractivity contribution in [2.75, 3.05) is 21.3 Å². The molecular weight excluding hydrogens is 400 g/mol. The molecule has 0 heterocycles. The Labute approximate surface area is 179 Å². The van der Waals surface area contributed by atoms with E-state index in [0.717, 1.165) is 0 Å². The zero-order chi connectivity index (χ0) is 22.5. The molecule has 0 radical (unpaired) electrons. The summed E-state index contributed by atoms with van der Waals surface area (Å²) in [4.78, 5) is 37.7. The molecule has 0 aliphatic heterocycles. The maximum atomic E-state index is 12.8. The Balaban J connectivity index is 1.86. The van der Waals surface area contributed by atoms with Crippen molar-refractivity contribution in [3.8, 4) is 11.5 Å². The van der Waals surface area contributed by atoms with Gasteiger partial charge in [0.2, 0.25) is 23.1 Å². The normalized spacial score (nSPS) is 13.9. The van der Waals surface area contributed by atoms with E-state index in [2.05, 4.69) is 0 Å². The highest BCUT2D eigenvalue weighted by atomic mass is 16.6. The lowest BCUT2D eigenvalue weighted by Crippen LogP contribution is -2.26. The molecule has 7 nitrogen and oxygen atoms in total. The number of carbonyl (C=O) groups is 3. The summed E-state index contributed by atoms with van der Waals surface area (Å²) in [6, 6.07) is 13.6. The van der Waals surface area contributed by atoms with E-state index in [0.29, 0.717) is 28.0 Å². The van der Waals surface area contributed by atoms with Gasteiger partial charge in [-0.05, 0) is 36.8 Å². The van der Waals surface area contributed by atoms with E-state index in [1.807, 2.05) is 0 Å². The molecule has 0 bridgehead atoms. The summed E-state index contributed by atoms with van der Waals surface area (Å²) in [5, 5.41) is 0. The number of hydrogen-bond acceptors (Lipinski definition) is 7. The summed E-state index contributed by atoms with van der Waals surface area (Å²) in [7, 11) is 4.09. The summed E-state index contributed by atoms with van der Waals surface area (Å²) in [5.41, 5.74) is 1.71. The Hall–Kier alpha value is -3.87. The maximum absolute atomic E-state index is 12.8. The predicted octanol–water partition coefficient (Wildman–Crippen LogP) is 3.43. The predicted molar refractivity (Wildman–Crippen MR) is 112 cm³/mol. The van der Waals surface area contributed by atoms with Crippen molar-refractivity contribution in [1.82, 2.24) is 0 Å². The third-order valence-corrected chi connectivity index (χ3v) is 4.92. The van der Waals surface area contributed by atoms with E-state index in [9.17, 15) is 14.4 Å². The van der Waals surface area contributed by atoms with Gasteiger partial charge in [-0.2, -0.15) is 0 Å². The lowest BCUT2D eigenvalue weighted by Gasteiger charge is -2.20. The lowest BCUT2D eigenvalue weighted by atomic mass is 9.89. The van der Waals surface area contributed by atoms with E-state index in [-0.39, 0.29) is 23.7 Å². The highest BCUT2D eigenvalue weighted by Gasteiger charge is 2.34. The summed E-state index contributed by atoms with van der Waals surface area (Å²) < 4.78 is 21.0. The number of ether oxygens (including phenoxy) is 4. The number of allylic oxidation sites excluding steroid dienone is 2. The van der Waals surface area contributed by atoms with Crippen LogP contribution in [0.3, 0.4) is 0 Å². The maximum Gasteiger partial charge on any atom is 0.343 e. The second kappa shape index (κ2) is 9.30. The number of esters is 1. The van der Waals surface area contributed by atoms with Gasteiger partial charge in [0.15, 0.2) is 11.5 Å². The number of ketones is 2. The highest BCUT2D eigenvalue weighted by Crippen LogP contribution is 2.32. The number of carbonyl (C=O) groups excluding carboxylic acids is 3. The molecule has 1 aliphatic rings. The smallest absolute Gasteiger partial charge is 0.343 e. The minimum Gasteiger partial charge on any atom is -0.493 e. The quantitative estimate of drug-likeness (QED) is 0.384. The molecule has 0 unspecified atom stereocenters. The topological polar surface area (TPSA) is 88.1 Å². The van der Waals surface area contributed by atoms with Gasteiger partial charge in [0.25, 0.3) is 0 Å². The Morgan fingerprint density at radius 2 is 1.45 bits per heavy atom. The monoisotopic (exact) mass is 422 g/mol. The largest absolute Gasteiger partial charge is 0.493 e. The molecule has 0 aromatic heterocycles. The average Bonchev–Trinajstić information content (AvgIpc) is 2.80. The van der Waals surface area contributed by atoms with Gasteiger partial charge >= 0.3 is 5.97 Å². The highest BCUT2D eigenvalue weighted by molar-refractivity contribution is 6.23. The van der Waals surface area contributed by atoms with E-state index in [4.69, 9.17) is 18.9 Å². The van der Waals surface area contributed by atoms with Gasteiger partial charge in [-0.1, -0.05) is 24.3 Å². The minimum atomic E-state index is -0.514. The Morgan fingerprint density at radius 1 is 0.806 bits per heavy atom. The van der Waals surface area contributed by atoms with Gasteiger partial charge in [-0.3, -0.25) is 9.59 Å². The standard InChI is InChI=1S/C24H22O7/c1-14-17(21(26)23(30-4)22(29-3)20(14)25)12-15-10-11-18(19(13-15)28-2)31-24(27)16-8-6-5-7-9-16/h5-11,13H,12H2,1-4H3. The van der Waals surface area contributed by atoms with Crippen LogP contribution in [0.1, 0.15) is 22.8 Å². The molecule has 0 saturated heterocycles. The summed E-state index contributed by atoms with van der Waals surface area (Å²) >= 11 is 0. The van der Waals surface area contributed by atoms with E-state index < -0.39 is 17.5 Å². The van der Waals surface area contributed by atoms with Gasteiger partial charge in [-0.15, -0.1) is 0 Å². The van der Waals surface area contributed by atoms with E-state index >= 15 is 0 Å². The third-order valence-electron chi connectivity index (χ3n) is 4.92. The van der Waals surface area contributed by atoms with Crippen molar-refractivity contribution in [2.24, 2.45) is 0 Å². The molecule has 160 valence electrons. The summed E-state index contributed by atoms with van der Waals surface area (Å²) in [6.45, 7) is 1.58. The van der Waals surface area contributed by atoms with Crippen molar-refractivity contribution in [3.63, 3.8) is 0 Å². The molecule has 0 amide bonds. The molecule has 0 atom stereocenters.